The number of carbonyl (C=O) groups excluding carboxylic acids is 1. The number of aromatic nitrogens is 1. The Morgan fingerprint density at radius 1 is 1.16 bits per heavy atom. The van der Waals surface area contributed by atoms with Crippen LogP contribution in [0.5, 0.6) is 0 Å². The number of amides is 1. The molecule has 0 radical (unpaired) electrons. The van der Waals surface area contributed by atoms with Crippen LogP contribution >= 0.6 is 46.8 Å². The van der Waals surface area contributed by atoms with Crippen molar-refractivity contribution in [3.05, 3.63) is 69.9 Å². The van der Waals surface area contributed by atoms with Crippen LogP contribution in [0.4, 0.5) is 5.13 Å². The number of fused-ring (bicyclic) bond motifs is 1. The minimum absolute atomic E-state index is 0.102. The number of nitrogens with zero attached hydrogens (tertiary/aromatic N) is 1. The van der Waals surface area contributed by atoms with E-state index in [1.807, 2.05) is 6.07 Å². The van der Waals surface area contributed by atoms with Crippen molar-refractivity contribution in [1.29, 1.82) is 0 Å². The molecule has 2 aromatic carbocycles. The second-order valence-corrected chi connectivity index (χ2v) is 9.40. The molecule has 0 aliphatic heterocycles. The fraction of sp³-hybridized carbons (Fsp3) is 0.174. The molecule has 9 heteroatoms. The van der Waals surface area contributed by atoms with Crippen LogP contribution in [-0.2, 0) is 6.42 Å². The Bertz CT molecular complexity index is 1300. The first-order valence-electron chi connectivity index (χ1n) is 10.00. The molecule has 0 saturated carbocycles. The summed E-state index contributed by atoms with van der Waals surface area (Å²) in [5.74, 6) is 0.0616. The molecule has 0 bridgehead atoms. The van der Waals surface area contributed by atoms with Gasteiger partial charge in [0.15, 0.2) is 16.0 Å². The van der Waals surface area contributed by atoms with Crippen molar-refractivity contribution >= 4 is 73.1 Å². The van der Waals surface area contributed by atoms with Crippen LogP contribution in [0.25, 0.3) is 21.5 Å². The number of carbonyl (C=O) groups is 1. The van der Waals surface area contributed by atoms with Gasteiger partial charge in [0, 0.05) is 10.6 Å². The molecule has 2 N–H and O–H groups in total. The van der Waals surface area contributed by atoms with E-state index in [2.05, 4.69) is 34.7 Å². The number of nitrogens with one attached hydrogen (secondary N) is 2. The van der Waals surface area contributed by atoms with Crippen molar-refractivity contribution < 1.29 is 9.21 Å². The van der Waals surface area contributed by atoms with Gasteiger partial charge < -0.3 is 9.73 Å². The number of rotatable bonds is 6. The molecular formula is C23H19Cl2N3O2S2. The van der Waals surface area contributed by atoms with Gasteiger partial charge in [0.25, 0.3) is 5.91 Å². The highest BCUT2D eigenvalue weighted by atomic mass is 35.5. The summed E-state index contributed by atoms with van der Waals surface area (Å²) in [7, 11) is 0. The molecule has 0 unspecified atom stereocenters. The molecule has 4 aromatic rings. The number of hydrogen-bond acceptors (Lipinski definition) is 5. The standard InChI is InChI=1S/C23H19Cl2N3O2S2/c1-2-3-4-13-5-8-17-20(11-13)32-23(26-17)28-22(31)27-21(29)19-10-9-18(30-19)15-12-14(24)6-7-16(15)25/h5-12H,2-4H2,1H3,(H2,26,27,28,29,31). The predicted octanol–water partition coefficient (Wildman–Crippen LogP) is 7.33. The number of hydrogen-bond donors (Lipinski definition) is 2. The fourth-order valence-corrected chi connectivity index (χ4v) is 4.71. The molecule has 0 aliphatic carbocycles. The second-order valence-electron chi connectivity index (χ2n) is 7.12. The number of aryl methyl sites for hydroxylation is 1. The summed E-state index contributed by atoms with van der Waals surface area (Å²) in [6, 6.07) is 14.5. The quantitative estimate of drug-likeness (QED) is 0.269. The van der Waals surface area contributed by atoms with Gasteiger partial charge in [-0.05, 0) is 73.1 Å². The van der Waals surface area contributed by atoms with Gasteiger partial charge in [-0.25, -0.2) is 4.98 Å². The first kappa shape index (κ1) is 22.7. The summed E-state index contributed by atoms with van der Waals surface area (Å²) in [5.41, 5.74) is 2.78. The minimum atomic E-state index is -0.477. The number of furan rings is 1. The van der Waals surface area contributed by atoms with Gasteiger partial charge in [0.2, 0.25) is 0 Å². The van der Waals surface area contributed by atoms with E-state index in [1.54, 1.807) is 30.3 Å². The third-order valence-corrected chi connectivity index (χ3v) is 6.45. The highest BCUT2D eigenvalue weighted by Gasteiger charge is 2.16. The SMILES string of the molecule is CCCCc1ccc2nc(NC(=S)NC(=O)c3ccc(-c4cc(Cl)ccc4Cl)o3)sc2c1. The van der Waals surface area contributed by atoms with Crippen LogP contribution in [0.3, 0.4) is 0 Å². The molecule has 0 saturated heterocycles. The van der Waals surface area contributed by atoms with E-state index in [-0.39, 0.29) is 10.9 Å². The van der Waals surface area contributed by atoms with Crippen LogP contribution in [0.1, 0.15) is 35.9 Å². The summed E-state index contributed by atoms with van der Waals surface area (Å²) >= 11 is 19.0. The van der Waals surface area contributed by atoms with Gasteiger partial charge in [-0.3, -0.25) is 10.1 Å². The van der Waals surface area contributed by atoms with E-state index in [1.165, 1.54) is 16.9 Å². The normalized spacial score (nSPS) is 11.0. The molecule has 4 rings (SSSR count). The number of halogens is 2. The molecule has 164 valence electrons. The zero-order chi connectivity index (χ0) is 22.7. The lowest BCUT2D eigenvalue weighted by Crippen LogP contribution is -2.33. The third kappa shape index (κ3) is 5.30. The van der Waals surface area contributed by atoms with Crippen molar-refractivity contribution in [2.75, 3.05) is 5.32 Å². The van der Waals surface area contributed by atoms with Crippen molar-refractivity contribution in [1.82, 2.24) is 10.3 Å². The fourth-order valence-electron chi connectivity index (χ4n) is 3.14. The van der Waals surface area contributed by atoms with E-state index >= 15 is 0 Å². The highest BCUT2D eigenvalue weighted by Crippen LogP contribution is 2.32. The molecule has 1 amide bonds. The van der Waals surface area contributed by atoms with Gasteiger partial charge >= 0.3 is 0 Å². The number of anilines is 1. The largest absolute Gasteiger partial charge is 0.451 e. The first-order valence-corrected chi connectivity index (χ1v) is 12.0. The molecule has 0 atom stereocenters. The van der Waals surface area contributed by atoms with Gasteiger partial charge in [0.05, 0.1) is 15.2 Å². The Kier molecular flexibility index (Phi) is 7.10. The molecule has 0 spiro atoms. The van der Waals surface area contributed by atoms with Gasteiger partial charge in [-0.15, -0.1) is 0 Å². The number of unbranched alkanes of at least 4 members (excludes halogenated alkanes) is 1. The van der Waals surface area contributed by atoms with E-state index in [4.69, 9.17) is 39.8 Å². The monoisotopic (exact) mass is 503 g/mol. The molecule has 2 aromatic heterocycles. The van der Waals surface area contributed by atoms with Gasteiger partial charge in [-0.1, -0.05) is 53.9 Å². The second kappa shape index (κ2) is 10.0. The van der Waals surface area contributed by atoms with Crippen LogP contribution in [0, 0.1) is 0 Å². The van der Waals surface area contributed by atoms with Crippen LogP contribution in [0.2, 0.25) is 10.0 Å². The Labute approximate surface area is 204 Å². The molecule has 2 heterocycles. The van der Waals surface area contributed by atoms with E-state index in [0.29, 0.717) is 26.5 Å². The maximum absolute atomic E-state index is 12.6. The third-order valence-electron chi connectivity index (χ3n) is 4.74. The highest BCUT2D eigenvalue weighted by molar-refractivity contribution is 7.80. The van der Waals surface area contributed by atoms with Crippen LogP contribution in [0.15, 0.2) is 52.9 Å². The molecule has 32 heavy (non-hydrogen) atoms. The smallest absolute Gasteiger partial charge is 0.293 e. The lowest BCUT2D eigenvalue weighted by molar-refractivity contribution is 0.0951. The average Bonchev–Trinajstić information content (AvgIpc) is 3.40. The summed E-state index contributed by atoms with van der Waals surface area (Å²) in [5, 5.41) is 7.34. The number of thiazole rings is 1. The lowest BCUT2D eigenvalue weighted by atomic mass is 10.1. The topological polar surface area (TPSA) is 67.2 Å². The van der Waals surface area contributed by atoms with Crippen molar-refractivity contribution in [2.45, 2.75) is 26.2 Å². The van der Waals surface area contributed by atoms with Crippen LogP contribution in [-0.4, -0.2) is 16.0 Å². The summed E-state index contributed by atoms with van der Waals surface area (Å²) in [6.07, 6.45) is 3.36. The number of thiocarbonyl (C=S) groups is 1. The number of benzene rings is 2. The van der Waals surface area contributed by atoms with E-state index in [0.717, 1.165) is 29.5 Å². The Morgan fingerprint density at radius 2 is 2.00 bits per heavy atom. The van der Waals surface area contributed by atoms with Crippen LogP contribution < -0.4 is 10.6 Å². The van der Waals surface area contributed by atoms with Crippen molar-refractivity contribution in [3.8, 4) is 11.3 Å². The predicted molar refractivity (Wildman–Crippen MR) is 136 cm³/mol. The van der Waals surface area contributed by atoms with Gasteiger partial charge in [-0.2, -0.15) is 0 Å². The Balaban J connectivity index is 1.41. The lowest BCUT2D eigenvalue weighted by Gasteiger charge is -2.05. The molecule has 0 aliphatic rings. The van der Waals surface area contributed by atoms with Gasteiger partial charge in [0.1, 0.15) is 5.76 Å². The molecule has 0 fully saturated rings. The maximum Gasteiger partial charge on any atom is 0.293 e. The summed E-state index contributed by atoms with van der Waals surface area (Å²) in [4.78, 5) is 17.1. The maximum atomic E-state index is 12.6. The van der Waals surface area contributed by atoms with E-state index < -0.39 is 5.91 Å². The molecular weight excluding hydrogens is 485 g/mol. The molecule has 5 nitrogen and oxygen atoms in total. The summed E-state index contributed by atoms with van der Waals surface area (Å²) < 4.78 is 6.73. The van der Waals surface area contributed by atoms with Crippen molar-refractivity contribution in [2.24, 2.45) is 0 Å². The Hall–Kier alpha value is -2.45. The van der Waals surface area contributed by atoms with Crippen molar-refractivity contribution in [3.63, 3.8) is 0 Å². The first-order chi connectivity index (χ1) is 15.4. The minimum Gasteiger partial charge on any atom is -0.451 e. The average molecular weight is 504 g/mol. The zero-order valence-electron chi connectivity index (χ0n) is 17.1. The van der Waals surface area contributed by atoms with E-state index in [9.17, 15) is 4.79 Å². The zero-order valence-corrected chi connectivity index (χ0v) is 20.2. The summed E-state index contributed by atoms with van der Waals surface area (Å²) in [6.45, 7) is 2.18. The Morgan fingerprint density at radius 3 is 2.81 bits per heavy atom.